The molecule has 18 heavy (non-hydrogen) atoms. The quantitative estimate of drug-likeness (QED) is 0.852. The highest BCUT2D eigenvalue weighted by Crippen LogP contribution is 2.29. The van der Waals surface area contributed by atoms with Crippen molar-refractivity contribution in [1.82, 2.24) is 0 Å². The molecule has 0 fully saturated rings. The predicted molar refractivity (Wildman–Crippen MR) is 70.8 cm³/mol. The lowest BCUT2D eigenvalue weighted by Gasteiger charge is -1.99. The van der Waals surface area contributed by atoms with E-state index in [9.17, 15) is 4.79 Å². The molecule has 0 bridgehead atoms. The summed E-state index contributed by atoms with van der Waals surface area (Å²) in [6.45, 7) is 0. The van der Waals surface area contributed by atoms with Crippen LogP contribution in [-0.2, 0) is 4.79 Å². The van der Waals surface area contributed by atoms with Crippen molar-refractivity contribution >= 4 is 35.2 Å². The number of furan rings is 1. The Hall–Kier alpha value is -1.71. The highest BCUT2D eigenvalue weighted by Gasteiger charge is 2.06. The van der Waals surface area contributed by atoms with Crippen molar-refractivity contribution in [3.05, 3.63) is 52.2 Å². The van der Waals surface area contributed by atoms with Gasteiger partial charge in [0.2, 0.25) is 0 Å². The monoisotopic (exact) mass is 282 g/mol. The zero-order valence-electron chi connectivity index (χ0n) is 9.06. The molecule has 0 aliphatic heterocycles. The van der Waals surface area contributed by atoms with E-state index in [1.165, 1.54) is 6.08 Å². The summed E-state index contributed by atoms with van der Waals surface area (Å²) in [5.41, 5.74) is 0.777. The number of carboxylic acid groups (broad SMARTS) is 1. The highest BCUT2D eigenvalue weighted by atomic mass is 35.5. The maximum Gasteiger partial charge on any atom is 0.328 e. The lowest BCUT2D eigenvalue weighted by Crippen LogP contribution is -1.84. The van der Waals surface area contributed by atoms with E-state index in [4.69, 9.17) is 32.7 Å². The van der Waals surface area contributed by atoms with E-state index in [-0.39, 0.29) is 0 Å². The van der Waals surface area contributed by atoms with Gasteiger partial charge >= 0.3 is 5.97 Å². The summed E-state index contributed by atoms with van der Waals surface area (Å²) in [6.07, 6.45) is 2.39. The van der Waals surface area contributed by atoms with Crippen LogP contribution in [0.25, 0.3) is 17.4 Å². The Kier molecular flexibility index (Phi) is 3.75. The van der Waals surface area contributed by atoms with E-state index < -0.39 is 5.97 Å². The molecular weight excluding hydrogens is 275 g/mol. The fourth-order valence-electron chi connectivity index (χ4n) is 1.40. The van der Waals surface area contributed by atoms with E-state index in [2.05, 4.69) is 0 Å². The zero-order chi connectivity index (χ0) is 13.1. The van der Waals surface area contributed by atoms with Crippen LogP contribution in [0.4, 0.5) is 0 Å². The van der Waals surface area contributed by atoms with Gasteiger partial charge in [0, 0.05) is 11.6 Å². The number of hydrogen-bond donors (Lipinski definition) is 1. The number of benzene rings is 1. The average molecular weight is 283 g/mol. The van der Waals surface area contributed by atoms with Crippen LogP contribution in [0.5, 0.6) is 0 Å². The number of carbonyl (C=O) groups is 1. The second kappa shape index (κ2) is 5.29. The van der Waals surface area contributed by atoms with Crippen LogP contribution in [0.3, 0.4) is 0 Å². The van der Waals surface area contributed by atoms with Crippen molar-refractivity contribution in [3.63, 3.8) is 0 Å². The van der Waals surface area contributed by atoms with E-state index in [0.717, 1.165) is 11.6 Å². The van der Waals surface area contributed by atoms with Gasteiger partial charge in [-0.2, -0.15) is 0 Å². The summed E-state index contributed by atoms with van der Waals surface area (Å²) < 4.78 is 5.46. The molecule has 5 heteroatoms. The van der Waals surface area contributed by atoms with Crippen LogP contribution < -0.4 is 0 Å². The Morgan fingerprint density at radius 1 is 1.17 bits per heavy atom. The van der Waals surface area contributed by atoms with Crippen molar-refractivity contribution in [2.75, 3.05) is 0 Å². The van der Waals surface area contributed by atoms with Crippen LogP contribution in [0.15, 0.2) is 40.8 Å². The third kappa shape index (κ3) is 2.94. The summed E-state index contributed by atoms with van der Waals surface area (Å²) >= 11 is 11.7. The Labute approximate surface area is 113 Å². The lowest BCUT2D eigenvalue weighted by atomic mass is 10.2. The largest absolute Gasteiger partial charge is 0.478 e. The van der Waals surface area contributed by atoms with Gasteiger partial charge in [0.25, 0.3) is 0 Å². The molecule has 0 saturated carbocycles. The van der Waals surface area contributed by atoms with Gasteiger partial charge in [0.15, 0.2) is 0 Å². The Morgan fingerprint density at radius 2 is 1.94 bits per heavy atom. The maximum absolute atomic E-state index is 10.4. The molecule has 0 aliphatic rings. The van der Waals surface area contributed by atoms with E-state index >= 15 is 0 Å². The van der Waals surface area contributed by atoms with E-state index in [1.807, 2.05) is 0 Å². The second-order valence-corrected chi connectivity index (χ2v) is 4.32. The number of carboxylic acids is 1. The van der Waals surface area contributed by atoms with Gasteiger partial charge in [-0.15, -0.1) is 0 Å². The minimum Gasteiger partial charge on any atom is -0.478 e. The Bertz CT molecular complexity index is 614. The van der Waals surface area contributed by atoms with Crippen LogP contribution in [-0.4, -0.2) is 11.1 Å². The molecule has 0 atom stereocenters. The first-order valence-corrected chi connectivity index (χ1v) is 5.78. The topological polar surface area (TPSA) is 50.4 Å². The Balaban J connectivity index is 2.29. The third-order valence-electron chi connectivity index (χ3n) is 2.22. The van der Waals surface area contributed by atoms with Gasteiger partial charge in [0.05, 0.1) is 10.0 Å². The second-order valence-electron chi connectivity index (χ2n) is 3.50. The molecule has 92 valence electrons. The van der Waals surface area contributed by atoms with Crippen molar-refractivity contribution in [2.45, 2.75) is 0 Å². The molecule has 1 aromatic carbocycles. The summed E-state index contributed by atoms with van der Waals surface area (Å²) in [6, 6.07) is 8.55. The molecule has 0 radical (unpaired) electrons. The molecule has 2 aromatic rings. The molecule has 0 aliphatic carbocycles. The molecule has 0 unspecified atom stereocenters. The van der Waals surface area contributed by atoms with Gasteiger partial charge in [-0.25, -0.2) is 4.79 Å². The molecule has 0 spiro atoms. The molecule has 2 rings (SSSR count). The fourth-order valence-corrected chi connectivity index (χ4v) is 1.70. The van der Waals surface area contributed by atoms with Gasteiger partial charge < -0.3 is 9.52 Å². The molecular formula is C13H8Cl2O3. The number of rotatable bonds is 3. The highest BCUT2D eigenvalue weighted by molar-refractivity contribution is 6.42. The van der Waals surface area contributed by atoms with Gasteiger partial charge in [0.1, 0.15) is 11.5 Å². The SMILES string of the molecule is O=C(O)C=Cc1ccc(-c2ccc(Cl)c(Cl)c2)o1. The molecule has 3 nitrogen and oxygen atoms in total. The van der Waals surface area contributed by atoms with Crippen molar-refractivity contribution < 1.29 is 14.3 Å². The number of aliphatic carboxylic acids is 1. The molecule has 1 N–H and O–H groups in total. The molecule has 1 aromatic heterocycles. The zero-order valence-corrected chi connectivity index (χ0v) is 10.6. The van der Waals surface area contributed by atoms with E-state index in [0.29, 0.717) is 21.6 Å². The summed E-state index contributed by atoms with van der Waals surface area (Å²) in [4.78, 5) is 10.4. The molecule has 0 amide bonds. The lowest BCUT2D eigenvalue weighted by molar-refractivity contribution is -0.131. The van der Waals surface area contributed by atoms with Crippen LogP contribution in [0, 0.1) is 0 Å². The summed E-state index contributed by atoms with van der Waals surface area (Å²) in [5, 5.41) is 9.41. The standard InChI is InChI=1S/C13H8Cl2O3/c14-10-4-1-8(7-11(10)15)12-5-2-9(18-12)3-6-13(16)17/h1-7H,(H,16,17). The predicted octanol–water partition coefficient (Wildman–Crippen LogP) is 4.35. The summed E-state index contributed by atoms with van der Waals surface area (Å²) in [7, 11) is 0. The first-order valence-electron chi connectivity index (χ1n) is 5.02. The minimum absolute atomic E-state index is 0.438. The van der Waals surface area contributed by atoms with Crippen LogP contribution in [0.2, 0.25) is 10.0 Å². The van der Waals surface area contributed by atoms with E-state index in [1.54, 1.807) is 30.3 Å². The van der Waals surface area contributed by atoms with Crippen molar-refractivity contribution in [2.24, 2.45) is 0 Å². The van der Waals surface area contributed by atoms with Crippen LogP contribution >= 0.6 is 23.2 Å². The summed E-state index contributed by atoms with van der Waals surface area (Å²) in [5.74, 6) is 0.0274. The third-order valence-corrected chi connectivity index (χ3v) is 2.96. The molecule has 0 saturated heterocycles. The van der Waals surface area contributed by atoms with Crippen molar-refractivity contribution in [3.8, 4) is 11.3 Å². The maximum atomic E-state index is 10.4. The van der Waals surface area contributed by atoms with Gasteiger partial charge in [-0.05, 0) is 36.4 Å². The Morgan fingerprint density at radius 3 is 2.61 bits per heavy atom. The first kappa shape index (κ1) is 12.7. The molecule has 1 heterocycles. The smallest absolute Gasteiger partial charge is 0.328 e. The van der Waals surface area contributed by atoms with Crippen LogP contribution in [0.1, 0.15) is 5.76 Å². The van der Waals surface area contributed by atoms with Crippen molar-refractivity contribution in [1.29, 1.82) is 0 Å². The average Bonchev–Trinajstić information content (AvgIpc) is 2.79. The number of hydrogen-bond acceptors (Lipinski definition) is 2. The van der Waals surface area contributed by atoms with Gasteiger partial charge in [-0.1, -0.05) is 23.2 Å². The normalized spacial score (nSPS) is 11.0. The fraction of sp³-hybridized carbons (Fsp3) is 0. The minimum atomic E-state index is -1.03. The number of halogens is 2. The van der Waals surface area contributed by atoms with Gasteiger partial charge in [-0.3, -0.25) is 0 Å². The first-order chi connectivity index (χ1) is 8.56.